The van der Waals surface area contributed by atoms with Crippen molar-refractivity contribution >= 4 is 22.8 Å². The number of ether oxygens (including phenoxy) is 1. The van der Waals surface area contributed by atoms with Gasteiger partial charge in [-0.25, -0.2) is 28.7 Å². The fourth-order valence-corrected chi connectivity index (χ4v) is 4.99. The number of aryl methyl sites for hydroxylation is 1. The Labute approximate surface area is 221 Å². The number of hydrogen-bond donors (Lipinski definition) is 1. The van der Waals surface area contributed by atoms with Crippen LogP contribution >= 0.6 is 0 Å². The normalized spacial score (nSPS) is 15.0. The molecule has 1 fully saturated rings. The molecule has 0 aliphatic carbocycles. The first-order valence-corrected chi connectivity index (χ1v) is 13.1. The standard InChI is InChI=1S/C28H33F2N7O/c1-5-36-10-8-21(9-11-36)38-16-19-6-7-25(31-14-19)34-28-32-15-23(30)26(35-28)20-12-22(29)27-24(13-20)37(17(2)3)18(4)33-27/h6-7,12-15,17,21H,5,8-11,16H2,1-4H3,(H,31,32,34,35). The molecule has 4 aromatic rings. The van der Waals surface area contributed by atoms with Crippen LogP contribution in [-0.4, -0.2) is 55.1 Å². The fraction of sp³-hybridized carbons (Fsp3) is 0.429. The van der Waals surface area contributed by atoms with Crippen LogP contribution in [0.5, 0.6) is 0 Å². The summed E-state index contributed by atoms with van der Waals surface area (Å²) in [5.41, 5.74) is 2.12. The number of hydrogen-bond acceptors (Lipinski definition) is 7. The molecule has 1 saturated heterocycles. The summed E-state index contributed by atoms with van der Waals surface area (Å²) in [7, 11) is 0. The molecule has 0 bridgehead atoms. The van der Waals surface area contributed by atoms with Gasteiger partial charge in [0.2, 0.25) is 5.95 Å². The lowest BCUT2D eigenvalue weighted by molar-refractivity contribution is -0.00153. The first-order valence-electron chi connectivity index (χ1n) is 13.1. The van der Waals surface area contributed by atoms with Crippen LogP contribution in [0, 0.1) is 18.6 Å². The Hall–Kier alpha value is -3.50. The zero-order valence-electron chi connectivity index (χ0n) is 22.2. The van der Waals surface area contributed by atoms with Crippen LogP contribution < -0.4 is 5.32 Å². The molecule has 200 valence electrons. The molecule has 0 radical (unpaired) electrons. The van der Waals surface area contributed by atoms with E-state index in [4.69, 9.17) is 4.74 Å². The Bertz CT molecular complexity index is 1410. The van der Waals surface area contributed by atoms with E-state index in [1.807, 2.05) is 31.4 Å². The van der Waals surface area contributed by atoms with Crippen molar-refractivity contribution in [3.8, 4) is 11.3 Å². The molecular formula is C28H33F2N7O. The molecule has 8 nitrogen and oxygen atoms in total. The number of anilines is 2. The van der Waals surface area contributed by atoms with E-state index >= 15 is 0 Å². The van der Waals surface area contributed by atoms with Gasteiger partial charge >= 0.3 is 0 Å². The maximum absolute atomic E-state index is 14.9. The second-order valence-electron chi connectivity index (χ2n) is 9.96. The SMILES string of the molecule is CCN1CCC(OCc2ccc(Nc3ncc(F)c(-c4cc(F)c5nc(C)n(C(C)C)c5c4)n3)nc2)CC1. The molecule has 10 heteroatoms. The monoisotopic (exact) mass is 521 g/mol. The maximum atomic E-state index is 14.9. The van der Waals surface area contributed by atoms with Crippen LogP contribution in [0.15, 0.2) is 36.7 Å². The lowest BCUT2D eigenvalue weighted by Gasteiger charge is -2.30. The quantitative estimate of drug-likeness (QED) is 0.314. The molecule has 1 aliphatic rings. The van der Waals surface area contributed by atoms with Gasteiger partial charge in [0.25, 0.3) is 0 Å². The van der Waals surface area contributed by atoms with Crippen molar-refractivity contribution < 1.29 is 13.5 Å². The van der Waals surface area contributed by atoms with Crippen molar-refractivity contribution in [1.82, 2.24) is 29.4 Å². The summed E-state index contributed by atoms with van der Waals surface area (Å²) in [4.78, 5) is 19.6. The number of rotatable bonds is 8. The van der Waals surface area contributed by atoms with Crippen molar-refractivity contribution in [3.63, 3.8) is 0 Å². The Kier molecular flexibility index (Phi) is 7.62. The van der Waals surface area contributed by atoms with Crippen molar-refractivity contribution in [2.75, 3.05) is 25.0 Å². The van der Waals surface area contributed by atoms with Crippen molar-refractivity contribution in [2.45, 2.75) is 59.3 Å². The third-order valence-corrected chi connectivity index (χ3v) is 6.99. The van der Waals surface area contributed by atoms with Gasteiger partial charge in [-0.3, -0.25) is 0 Å². The van der Waals surface area contributed by atoms with E-state index in [1.165, 1.54) is 6.07 Å². The number of aromatic nitrogens is 5. The Morgan fingerprint density at radius 3 is 2.53 bits per heavy atom. The van der Waals surface area contributed by atoms with Crippen LogP contribution in [0.25, 0.3) is 22.3 Å². The highest BCUT2D eigenvalue weighted by Gasteiger charge is 2.20. The highest BCUT2D eigenvalue weighted by Crippen LogP contribution is 2.30. The largest absolute Gasteiger partial charge is 0.373 e. The molecule has 1 N–H and O–H groups in total. The van der Waals surface area contributed by atoms with Gasteiger partial charge in [-0.1, -0.05) is 13.0 Å². The Morgan fingerprint density at radius 2 is 1.84 bits per heavy atom. The van der Waals surface area contributed by atoms with E-state index in [9.17, 15) is 8.78 Å². The number of halogens is 2. The second-order valence-corrected chi connectivity index (χ2v) is 9.96. The van der Waals surface area contributed by atoms with Crippen molar-refractivity contribution in [2.24, 2.45) is 0 Å². The first kappa shape index (κ1) is 26.1. The van der Waals surface area contributed by atoms with Gasteiger partial charge in [0, 0.05) is 30.9 Å². The molecule has 4 heterocycles. The zero-order chi connectivity index (χ0) is 26.8. The van der Waals surface area contributed by atoms with Crippen LogP contribution in [-0.2, 0) is 11.3 Å². The van der Waals surface area contributed by atoms with Gasteiger partial charge in [0.1, 0.15) is 22.9 Å². The minimum absolute atomic E-state index is 0.00315. The molecule has 0 saturated carbocycles. The molecule has 0 amide bonds. The number of likely N-dealkylation sites (tertiary alicyclic amines) is 1. The van der Waals surface area contributed by atoms with Crippen LogP contribution in [0.2, 0.25) is 0 Å². The van der Waals surface area contributed by atoms with Gasteiger partial charge in [0.05, 0.1) is 24.4 Å². The second kappa shape index (κ2) is 11.1. The third-order valence-electron chi connectivity index (χ3n) is 6.99. The van der Waals surface area contributed by atoms with Crippen LogP contribution in [0.4, 0.5) is 20.5 Å². The first-order chi connectivity index (χ1) is 18.3. The van der Waals surface area contributed by atoms with Crippen molar-refractivity contribution in [3.05, 3.63) is 59.7 Å². The number of imidazole rings is 1. The number of piperidine rings is 1. The van der Waals surface area contributed by atoms with E-state index in [-0.39, 0.29) is 29.3 Å². The van der Waals surface area contributed by atoms with Crippen LogP contribution in [0.1, 0.15) is 51.0 Å². The predicted octanol–water partition coefficient (Wildman–Crippen LogP) is 5.80. The van der Waals surface area contributed by atoms with Crippen LogP contribution in [0.3, 0.4) is 0 Å². The molecule has 0 atom stereocenters. The van der Waals surface area contributed by atoms with Gasteiger partial charge in [-0.2, -0.15) is 0 Å². The molecule has 5 rings (SSSR count). The van der Waals surface area contributed by atoms with Gasteiger partial charge in [-0.15, -0.1) is 0 Å². The predicted molar refractivity (Wildman–Crippen MR) is 143 cm³/mol. The average molecular weight is 522 g/mol. The third kappa shape index (κ3) is 5.51. The number of fused-ring (bicyclic) bond motifs is 1. The summed E-state index contributed by atoms with van der Waals surface area (Å²) in [6.07, 6.45) is 5.17. The molecule has 3 aromatic heterocycles. The summed E-state index contributed by atoms with van der Waals surface area (Å²) in [6, 6.07) is 6.77. The molecular weight excluding hydrogens is 488 g/mol. The minimum Gasteiger partial charge on any atom is -0.373 e. The fourth-order valence-electron chi connectivity index (χ4n) is 4.99. The van der Waals surface area contributed by atoms with Gasteiger partial charge < -0.3 is 19.5 Å². The maximum Gasteiger partial charge on any atom is 0.229 e. The molecule has 0 unspecified atom stereocenters. The van der Waals surface area contributed by atoms with Crippen molar-refractivity contribution in [1.29, 1.82) is 0 Å². The smallest absolute Gasteiger partial charge is 0.229 e. The lowest BCUT2D eigenvalue weighted by atomic mass is 10.1. The Morgan fingerprint density at radius 1 is 1.05 bits per heavy atom. The summed E-state index contributed by atoms with van der Waals surface area (Å²) in [6.45, 7) is 11.7. The van der Waals surface area contributed by atoms with E-state index in [0.717, 1.165) is 44.2 Å². The van der Waals surface area contributed by atoms with E-state index < -0.39 is 11.6 Å². The summed E-state index contributed by atoms with van der Waals surface area (Å²) in [5, 5.41) is 3.01. The highest BCUT2D eigenvalue weighted by molar-refractivity contribution is 5.83. The number of benzene rings is 1. The van der Waals surface area contributed by atoms with E-state index in [0.29, 0.717) is 29.3 Å². The average Bonchev–Trinajstić information content (AvgIpc) is 3.26. The highest BCUT2D eigenvalue weighted by atomic mass is 19.1. The minimum atomic E-state index is -0.646. The summed E-state index contributed by atoms with van der Waals surface area (Å²) in [5.74, 6) is 0.195. The zero-order valence-corrected chi connectivity index (χ0v) is 22.2. The molecule has 1 aromatic carbocycles. The Balaban J connectivity index is 1.30. The number of pyridine rings is 1. The summed E-state index contributed by atoms with van der Waals surface area (Å²) >= 11 is 0. The van der Waals surface area contributed by atoms with E-state index in [2.05, 4.69) is 37.1 Å². The summed E-state index contributed by atoms with van der Waals surface area (Å²) < 4.78 is 37.7. The topological polar surface area (TPSA) is 81.0 Å². The van der Waals surface area contributed by atoms with Gasteiger partial charge in [0.15, 0.2) is 11.6 Å². The number of nitrogens with zero attached hydrogens (tertiary/aromatic N) is 6. The molecule has 38 heavy (non-hydrogen) atoms. The molecule has 0 spiro atoms. The number of nitrogens with one attached hydrogen (secondary N) is 1. The van der Waals surface area contributed by atoms with Gasteiger partial charge in [-0.05, 0) is 63.9 Å². The van der Waals surface area contributed by atoms with E-state index in [1.54, 1.807) is 18.3 Å². The lowest BCUT2D eigenvalue weighted by Crippen LogP contribution is -2.36. The molecule has 1 aliphatic heterocycles.